The third-order valence-electron chi connectivity index (χ3n) is 7.90. The van der Waals surface area contributed by atoms with Gasteiger partial charge in [0, 0.05) is 19.3 Å². The van der Waals surface area contributed by atoms with Crippen LogP contribution >= 0.6 is 0 Å². The zero-order valence-corrected chi connectivity index (χ0v) is 25.8. The van der Waals surface area contributed by atoms with E-state index in [2.05, 4.69) is 20.8 Å². The Hall–Kier alpha value is -1.35. The number of esters is 1. The fraction of sp³-hybridized carbons (Fsp3) is 0.906. The quantitative estimate of drug-likeness (QED) is 0.0687. The summed E-state index contributed by atoms with van der Waals surface area (Å²) >= 11 is 0. The molecule has 0 fully saturated rings. The van der Waals surface area contributed by atoms with Crippen LogP contribution in [-0.2, 0) is 19.1 Å². The molecule has 40 heavy (non-hydrogen) atoms. The minimum absolute atomic E-state index is 0.0214. The van der Waals surface area contributed by atoms with Crippen LogP contribution in [-0.4, -0.2) is 68.5 Å². The van der Waals surface area contributed by atoms with Gasteiger partial charge in [-0.15, -0.1) is 0 Å². The van der Waals surface area contributed by atoms with Crippen LogP contribution in [0.15, 0.2) is 0 Å². The van der Waals surface area contributed by atoms with Crippen molar-refractivity contribution in [2.75, 3.05) is 13.2 Å². The fourth-order valence-electron chi connectivity index (χ4n) is 5.15. The van der Waals surface area contributed by atoms with Gasteiger partial charge in [-0.2, -0.15) is 0 Å². The van der Waals surface area contributed by atoms with Gasteiger partial charge in [-0.25, -0.2) is 0 Å². The Kier molecular flexibility index (Phi) is 22.5. The summed E-state index contributed by atoms with van der Waals surface area (Å²) in [6, 6.07) is 0. The summed E-state index contributed by atoms with van der Waals surface area (Å²) < 4.78 is 5.36. The first-order chi connectivity index (χ1) is 19.2. The van der Waals surface area contributed by atoms with E-state index in [0.717, 1.165) is 89.9 Å². The molecule has 0 radical (unpaired) electrons. The number of ketones is 2. The van der Waals surface area contributed by atoms with Crippen molar-refractivity contribution in [2.45, 2.75) is 173 Å². The van der Waals surface area contributed by atoms with Crippen LogP contribution in [0.25, 0.3) is 0 Å². The second-order valence-electron chi connectivity index (χ2n) is 11.3. The molecule has 0 aliphatic heterocycles. The van der Waals surface area contributed by atoms with E-state index in [4.69, 9.17) is 4.74 Å². The molecule has 236 valence electrons. The van der Waals surface area contributed by atoms with Gasteiger partial charge in [0.05, 0.1) is 13.2 Å². The highest BCUT2D eigenvalue weighted by Crippen LogP contribution is 2.34. The molecular formula is C32H60O8. The molecule has 0 heterocycles. The molecule has 0 rings (SSSR count). The fourth-order valence-corrected chi connectivity index (χ4v) is 5.15. The number of rotatable bonds is 28. The average molecular weight is 573 g/mol. The van der Waals surface area contributed by atoms with E-state index >= 15 is 0 Å². The van der Waals surface area contributed by atoms with Gasteiger partial charge in [0.25, 0.3) is 0 Å². The van der Waals surface area contributed by atoms with Gasteiger partial charge < -0.3 is 25.2 Å². The Balaban J connectivity index is 5.65. The molecule has 8 nitrogen and oxygen atoms in total. The average Bonchev–Trinajstić information content (AvgIpc) is 2.95. The van der Waals surface area contributed by atoms with E-state index in [1.54, 1.807) is 0 Å². The Labute approximate surface area is 243 Å². The summed E-state index contributed by atoms with van der Waals surface area (Å²) in [5.74, 6) is -2.54. The van der Waals surface area contributed by atoms with Crippen LogP contribution in [0.2, 0.25) is 0 Å². The maximum Gasteiger partial charge on any atom is 0.306 e. The number of unbranched alkanes of at least 4 members (excludes halogenated alkanes) is 15. The largest absolute Gasteiger partial charge is 0.456 e. The van der Waals surface area contributed by atoms with E-state index in [9.17, 15) is 34.8 Å². The van der Waals surface area contributed by atoms with Gasteiger partial charge in [-0.05, 0) is 19.3 Å². The molecule has 0 aromatic rings. The number of Topliss-reactive ketones (excluding diaryl/α,β-unsaturated/α-hetero) is 2. The number of aliphatic hydroxyl groups excluding tert-OH is 2. The van der Waals surface area contributed by atoms with Gasteiger partial charge in [0.15, 0.2) is 23.3 Å². The lowest BCUT2D eigenvalue weighted by molar-refractivity contribution is -0.225. The molecule has 3 atom stereocenters. The lowest BCUT2D eigenvalue weighted by atomic mass is 9.71. The summed E-state index contributed by atoms with van der Waals surface area (Å²) in [6.45, 7) is 4.11. The van der Waals surface area contributed by atoms with E-state index in [-0.39, 0.29) is 19.3 Å². The minimum atomic E-state index is -2.96. The highest BCUT2D eigenvalue weighted by molar-refractivity contribution is 6.00. The number of ether oxygens (including phenoxy) is 1. The molecule has 4 N–H and O–H groups in total. The van der Waals surface area contributed by atoms with Crippen molar-refractivity contribution in [3.63, 3.8) is 0 Å². The SMILES string of the molecule is CCCCCCCCC(=O)O[C@H](CO)[C@@](O)(C(=O)CCCCCCCC)[C@@](O)(CO)C(=O)CCCCCCCC. The van der Waals surface area contributed by atoms with Gasteiger partial charge >= 0.3 is 5.97 Å². The molecule has 0 aromatic heterocycles. The molecule has 0 aromatic carbocycles. The third-order valence-corrected chi connectivity index (χ3v) is 7.90. The first-order valence-corrected chi connectivity index (χ1v) is 16.1. The number of carbonyl (C=O) groups is 3. The van der Waals surface area contributed by atoms with Gasteiger partial charge in [0.1, 0.15) is 0 Å². The molecule has 0 spiro atoms. The molecule has 0 saturated carbocycles. The number of aliphatic hydroxyl groups is 4. The lowest BCUT2D eigenvalue weighted by Crippen LogP contribution is -2.72. The Morgan fingerprint density at radius 1 is 0.575 bits per heavy atom. The Morgan fingerprint density at radius 3 is 1.35 bits per heavy atom. The molecule has 0 aliphatic rings. The van der Waals surface area contributed by atoms with Crippen molar-refractivity contribution in [1.82, 2.24) is 0 Å². The number of hydrogen-bond acceptors (Lipinski definition) is 8. The second kappa shape index (κ2) is 23.2. The van der Waals surface area contributed by atoms with Gasteiger partial charge in [0.2, 0.25) is 5.60 Å². The zero-order valence-electron chi connectivity index (χ0n) is 25.8. The molecule has 0 bridgehead atoms. The standard InChI is InChI=1S/C32H60O8/c1-4-7-10-13-16-19-22-27(35)31(38,26-34)32(39,28(36)23-20-17-14-11-8-5-2)29(25-33)40-30(37)24-21-18-15-12-9-6-3/h29,33-34,38-39H,4-26H2,1-3H3/t29-,31-,32+/m1/s1. The van der Waals surface area contributed by atoms with E-state index in [0.29, 0.717) is 25.7 Å². The van der Waals surface area contributed by atoms with Crippen molar-refractivity contribution < 1.29 is 39.5 Å². The molecule has 0 aliphatic carbocycles. The second-order valence-corrected chi connectivity index (χ2v) is 11.3. The molecular weight excluding hydrogens is 512 g/mol. The predicted octanol–water partition coefficient (Wildman–Crippen LogP) is 5.74. The molecule has 0 saturated heterocycles. The summed E-state index contributed by atoms with van der Waals surface area (Å²) in [7, 11) is 0. The predicted molar refractivity (Wildman–Crippen MR) is 158 cm³/mol. The van der Waals surface area contributed by atoms with Crippen LogP contribution in [0, 0.1) is 0 Å². The summed E-state index contributed by atoms with van der Waals surface area (Å²) in [4.78, 5) is 39.4. The highest BCUT2D eigenvalue weighted by Gasteiger charge is 2.63. The van der Waals surface area contributed by atoms with Crippen LogP contribution in [0.5, 0.6) is 0 Å². The topological polar surface area (TPSA) is 141 Å². The normalized spacial score (nSPS) is 15.3. The van der Waals surface area contributed by atoms with Crippen molar-refractivity contribution >= 4 is 17.5 Å². The van der Waals surface area contributed by atoms with Crippen molar-refractivity contribution in [3.05, 3.63) is 0 Å². The van der Waals surface area contributed by atoms with Crippen LogP contribution < -0.4 is 0 Å². The van der Waals surface area contributed by atoms with Gasteiger partial charge in [-0.1, -0.05) is 117 Å². The van der Waals surface area contributed by atoms with Crippen molar-refractivity contribution in [1.29, 1.82) is 0 Å². The third kappa shape index (κ3) is 13.5. The number of carbonyl (C=O) groups excluding carboxylic acids is 3. The first kappa shape index (κ1) is 38.6. The Morgan fingerprint density at radius 2 is 0.950 bits per heavy atom. The Bertz CT molecular complexity index is 682. The maximum atomic E-state index is 13.5. The van der Waals surface area contributed by atoms with Crippen molar-refractivity contribution in [3.8, 4) is 0 Å². The molecule has 0 unspecified atom stereocenters. The first-order valence-electron chi connectivity index (χ1n) is 16.1. The van der Waals surface area contributed by atoms with Gasteiger partial charge in [-0.3, -0.25) is 14.4 Å². The zero-order chi connectivity index (χ0) is 30.3. The number of hydrogen-bond donors (Lipinski definition) is 4. The summed E-state index contributed by atoms with van der Waals surface area (Å²) in [5, 5.41) is 43.5. The summed E-state index contributed by atoms with van der Waals surface area (Å²) in [6.07, 6.45) is 13.9. The maximum absolute atomic E-state index is 13.5. The van der Waals surface area contributed by atoms with E-state index in [1.165, 1.54) is 0 Å². The highest BCUT2D eigenvalue weighted by atomic mass is 16.6. The smallest absolute Gasteiger partial charge is 0.306 e. The van der Waals surface area contributed by atoms with Crippen LogP contribution in [0.3, 0.4) is 0 Å². The van der Waals surface area contributed by atoms with Crippen LogP contribution in [0.1, 0.15) is 156 Å². The minimum Gasteiger partial charge on any atom is -0.456 e. The molecule has 8 heteroatoms. The van der Waals surface area contributed by atoms with Crippen molar-refractivity contribution in [2.24, 2.45) is 0 Å². The monoisotopic (exact) mass is 572 g/mol. The summed E-state index contributed by atoms with van der Waals surface area (Å²) in [5.41, 5.74) is -5.86. The molecule has 0 amide bonds. The van der Waals surface area contributed by atoms with E-state index < -0.39 is 48.1 Å². The lowest BCUT2D eigenvalue weighted by Gasteiger charge is -2.43. The van der Waals surface area contributed by atoms with Crippen LogP contribution in [0.4, 0.5) is 0 Å². The van der Waals surface area contributed by atoms with E-state index in [1.807, 2.05) is 0 Å².